The van der Waals surface area contributed by atoms with Crippen molar-refractivity contribution in [1.29, 1.82) is 0 Å². The van der Waals surface area contributed by atoms with E-state index in [1.165, 1.54) is 23.5 Å². The van der Waals surface area contributed by atoms with Crippen molar-refractivity contribution >= 4 is 48.3 Å². The summed E-state index contributed by atoms with van der Waals surface area (Å²) in [6.07, 6.45) is 6.47. The van der Waals surface area contributed by atoms with Crippen LogP contribution in [0, 0.1) is 0 Å². The Labute approximate surface area is 246 Å². The Morgan fingerprint density at radius 2 is 1.79 bits per heavy atom. The molecule has 1 saturated carbocycles. The predicted molar refractivity (Wildman–Crippen MR) is 157 cm³/mol. The number of aromatic nitrogens is 4. The highest BCUT2D eigenvalue weighted by Gasteiger charge is 2.36. The molecular weight excluding hydrogens is 578 g/mol. The van der Waals surface area contributed by atoms with Gasteiger partial charge in [0.05, 0.1) is 10.1 Å². The highest BCUT2D eigenvalue weighted by atomic mass is 32.2. The Morgan fingerprint density at radius 1 is 1.05 bits per heavy atom. The molecule has 0 unspecified atom stereocenters. The first kappa shape index (κ1) is 28.1. The van der Waals surface area contributed by atoms with Crippen molar-refractivity contribution in [2.24, 2.45) is 5.16 Å². The molecule has 1 saturated heterocycles. The van der Waals surface area contributed by atoms with Crippen LogP contribution < -0.4 is 10.1 Å². The number of anilines is 1. The molecule has 1 amide bonds. The van der Waals surface area contributed by atoms with Gasteiger partial charge in [0.25, 0.3) is 5.91 Å². The molecule has 4 heterocycles. The first-order valence-electron chi connectivity index (χ1n) is 13.6. The Bertz CT molecular complexity index is 1700. The standard InChI is InChI=1S/C28H29N7O5S2/c1-35-15-11-19(12-16-35)40-24-10-9-22-27(32-24)41-28(31-22)33-26(36)25(34-39-17-23-29-13-2-14-30-23)18-3-5-20(6-4-18)42(37,38)21-7-8-21/h2-6,9-10,13-14,19,21H,7-8,11-12,15-17H2,1H3,(H,31,33,36)/b34-25+. The number of nitrogens with one attached hydrogen (secondary N) is 1. The van der Waals surface area contributed by atoms with Gasteiger partial charge in [-0.15, -0.1) is 0 Å². The summed E-state index contributed by atoms with van der Waals surface area (Å²) in [4.78, 5) is 39.3. The number of sulfone groups is 1. The van der Waals surface area contributed by atoms with Crippen LogP contribution in [0.5, 0.6) is 5.88 Å². The molecule has 0 bridgehead atoms. The molecular formula is C28H29N7O5S2. The van der Waals surface area contributed by atoms with E-state index >= 15 is 0 Å². The van der Waals surface area contributed by atoms with Crippen molar-refractivity contribution < 1.29 is 22.8 Å². The summed E-state index contributed by atoms with van der Waals surface area (Å²) >= 11 is 1.21. The van der Waals surface area contributed by atoms with Gasteiger partial charge in [0.1, 0.15) is 16.5 Å². The van der Waals surface area contributed by atoms with E-state index in [9.17, 15) is 13.2 Å². The van der Waals surface area contributed by atoms with Crippen LogP contribution >= 0.6 is 11.3 Å². The molecule has 1 aliphatic carbocycles. The number of hydrogen-bond donors (Lipinski definition) is 1. The van der Waals surface area contributed by atoms with Gasteiger partial charge in [-0.05, 0) is 57.0 Å². The summed E-state index contributed by atoms with van der Waals surface area (Å²) in [5, 5.41) is 6.84. The van der Waals surface area contributed by atoms with E-state index in [0.717, 1.165) is 25.9 Å². The second-order valence-electron chi connectivity index (χ2n) is 10.2. The van der Waals surface area contributed by atoms with E-state index in [4.69, 9.17) is 9.57 Å². The topological polar surface area (TPSA) is 149 Å². The fourth-order valence-electron chi connectivity index (χ4n) is 4.51. The molecule has 218 valence electrons. The number of hydrogen-bond acceptors (Lipinski definition) is 12. The zero-order chi connectivity index (χ0) is 29.1. The second-order valence-corrected chi connectivity index (χ2v) is 13.4. The minimum absolute atomic E-state index is 0.0557. The fourth-order valence-corrected chi connectivity index (χ4v) is 6.99. The number of piperidine rings is 1. The first-order valence-corrected chi connectivity index (χ1v) is 16.0. The van der Waals surface area contributed by atoms with Crippen LogP contribution in [0.4, 0.5) is 5.13 Å². The minimum Gasteiger partial charge on any atom is -0.474 e. The Balaban J connectivity index is 1.20. The molecule has 12 nitrogen and oxygen atoms in total. The summed E-state index contributed by atoms with van der Waals surface area (Å²) in [7, 11) is -1.28. The second kappa shape index (κ2) is 12.1. The van der Waals surface area contributed by atoms with E-state index in [2.05, 4.69) is 42.4 Å². The van der Waals surface area contributed by atoms with Gasteiger partial charge in [-0.25, -0.2) is 28.4 Å². The van der Waals surface area contributed by atoms with E-state index in [1.54, 1.807) is 36.7 Å². The summed E-state index contributed by atoms with van der Waals surface area (Å²) in [5.74, 6) is 0.338. The maximum Gasteiger partial charge on any atom is 0.280 e. The number of oxime groups is 1. The van der Waals surface area contributed by atoms with E-state index in [0.29, 0.717) is 45.6 Å². The van der Waals surface area contributed by atoms with Crippen LogP contribution in [0.25, 0.3) is 10.3 Å². The fraction of sp³-hybridized carbons (Fsp3) is 0.357. The lowest BCUT2D eigenvalue weighted by atomic mass is 10.1. The smallest absolute Gasteiger partial charge is 0.280 e. The molecule has 3 aromatic heterocycles. The normalized spacial score (nSPS) is 16.8. The minimum atomic E-state index is -3.38. The highest BCUT2D eigenvalue weighted by molar-refractivity contribution is 7.92. The van der Waals surface area contributed by atoms with Crippen LogP contribution in [-0.4, -0.2) is 76.4 Å². The molecule has 4 aromatic rings. The van der Waals surface area contributed by atoms with Gasteiger partial charge in [0.15, 0.2) is 33.1 Å². The van der Waals surface area contributed by atoms with Crippen molar-refractivity contribution in [1.82, 2.24) is 24.8 Å². The maximum absolute atomic E-state index is 13.4. The average Bonchev–Trinajstić information content (AvgIpc) is 3.79. The maximum atomic E-state index is 13.4. The van der Waals surface area contributed by atoms with Gasteiger partial charge in [-0.3, -0.25) is 10.1 Å². The summed E-state index contributed by atoms with van der Waals surface area (Å²) in [6, 6.07) is 11.3. The van der Waals surface area contributed by atoms with Crippen molar-refractivity contribution in [2.75, 3.05) is 25.5 Å². The van der Waals surface area contributed by atoms with Crippen molar-refractivity contribution in [3.63, 3.8) is 0 Å². The summed E-state index contributed by atoms with van der Waals surface area (Å²) < 4.78 is 31.4. The van der Waals surface area contributed by atoms with Crippen molar-refractivity contribution in [3.8, 4) is 5.88 Å². The van der Waals surface area contributed by atoms with Gasteiger partial charge in [-0.1, -0.05) is 28.6 Å². The van der Waals surface area contributed by atoms with Crippen LogP contribution in [0.2, 0.25) is 0 Å². The number of nitrogens with zero attached hydrogens (tertiary/aromatic N) is 6. The molecule has 0 radical (unpaired) electrons. The Morgan fingerprint density at radius 3 is 2.50 bits per heavy atom. The molecule has 1 aliphatic heterocycles. The first-order chi connectivity index (χ1) is 20.3. The van der Waals surface area contributed by atoms with Gasteiger partial charge in [0, 0.05) is 37.1 Å². The number of benzene rings is 1. The lowest BCUT2D eigenvalue weighted by molar-refractivity contribution is -0.110. The SMILES string of the molecule is CN1CCC(Oc2ccc3nc(NC(=O)/C(=N/OCc4ncccn4)c4ccc(S(=O)(=O)C5CC5)cc4)sc3n2)CC1. The van der Waals surface area contributed by atoms with Gasteiger partial charge in [-0.2, -0.15) is 0 Å². The molecule has 14 heteroatoms. The average molecular weight is 608 g/mol. The number of carbonyl (C=O) groups excluding carboxylic acids is 1. The monoisotopic (exact) mass is 607 g/mol. The van der Waals surface area contributed by atoms with E-state index in [1.807, 2.05) is 6.07 Å². The third-order valence-electron chi connectivity index (χ3n) is 7.01. The predicted octanol–water partition coefficient (Wildman–Crippen LogP) is 3.45. The number of rotatable bonds is 10. The van der Waals surface area contributed by atoms with E-state index < -0.39 is 15.7 Å². The molecule has 0 atom stereocenters. The van der Waals surface area contributed by atoms with Gasteiger partial charge in [0.2, 0.25) is 5.88 Å². The van der Waals surface area contributed by atoms with Crippen LogP contribution in [-0.2, 0) is 26.1 Å². The number of carbonyl (C=O) groups is 1. The number of pyridine rings is 1. The van der Waals surface area contributed by atoms with Crippen LogP contribution in [0.15, 0.2) is 64.9 Å². The number of thiazole rings is 1. The summed E-state index contributed by atoms with van der Waals surface area (Å²) in [6.45, 7) is 1.90. The summed E-state index contributed by atoms with van der Waals surface area (Å²) in [5.41, 5.74) is 0.945. The zero-order valence-electron chi connectivity index (χ0n) is 22.8. The lowest BCUT2D eigenvalue weighted by Crippen LogP contribution is -2.35. The Hall–Kier alpha value is -4.01. The largest absolute Gasteiger partial charge is 0.474 e. The molecule has 2 aliphatic rings. The molecule has 1 N–H and O–H groups in total. The molecule has 0 spiro atoms. The molecule has 6 rings (SSSR count). The van der Waals surface area contributed by atoms with Crippen LogP contribution in [0.3, 0.4) is 0 Å². The third-order valence-corrected chi connectivity index (χ3v) is 10.2. The quantitative estimate of drug-likeness (QED) is 0.210. The van der Waals surface area contributed by atoms with Gasteiger partial charge >= 0.3 is 0 Å². The van der Waals surface area contributed by atoms with E-state index in [-0.39, 0.29) is 28.6 Å². The Kier molecular flexibility index (Phi) is 8.09. The number of ether oxygens (including phenoxy) is 1. The lowest BCUT2D eigenvalue weighted by Gasteiger charge is -2.28. The van der Waals surface area contributed by atoms with Crippen LogP contribution in [0.1, 0.15) is 37.1 Å². The molecule has 1 aromatic carbocycles. The number of fused-ring (bicyclic) bond motifs is 1. The van der Waals surface area contributed by atoms with Crippen molar-refractivity contribution in [2.45, 2.75) is 48.5 Å². The zero-order valence-corrected chi connectivity index (χ0v) is 24.5. The third kappa shape index (κ3) is 6.55. The number of amides is 1. The van der Waals surface area contributed by atoms with Gasteiger partial charge < -0.3 is 14.5 Å². The highest BCUT2D eigenvalue weighted by Crippen LogP contribution is 2.33. The van der Waals surface area contributed by atoms with Crippen molar-refractivity contribution in [3.05, 3.63) is 66.2 Å². The molecule has 42 heavy (non-hydrogen) atoms. The molecule has 2 fully saturated rings. The number of likely N-dealkylation sites (tertiary alicyclic amines) is 1.